The summed E-state index contributed by atoms with van der Waals surface area (Å²) in [5.74, 6) is 1.62. The number of hydrogen-bond acceptors (Lipinski definition) is 4. The van der Waals surface area contributed by atoms with E-state index < -0.39 is 12.7 Å². The summed E-state index contributed by atoms with van der Waals surface area (Å²) < 4.78 is 37.7. The van der Waals surface area contributed by atoms with Crippen molar-refractivity contribution in [2.45, 2.75) is 50.9 Å². The van der Waals surface area contributed by atoms with E-state index in [1.807, 2.05) is 12.3 Å². The Labute approximate surface area is 193 Å². The number of pyridine rings is 1. The molecule has 0 radical (unpaired) electrons. The van der Waals surface area contributed by atoms with Crippen LogP contribution < -0.4 is 15.5 Å². The molecule has 10 heteroatoms. The molecule has 0 saturated carbocycles. The van der Waals surface area contributed by atoms with Gasteiger partial charge in [0.1, 0.15) is 5.82 Å². The quantitative estimate of drug-likeness (QED) is 0.341. The smallest absolute Gasteiger partial charge is 0.357 e. The zero-order valence-corrected chi connectivity index (χ0v) is 19.7. The number of rotatable bonds is 5. The SMILES string of the molecule is CN=C(NCc1ccnc(N2CCCCCC2)c1)NC1CCN(CC(F)(F)F)C1.I. The lowest BCUT2D eigenvalue weighted by Gasteiger charge is -2.22. The highest BCUT2D eigenvalue weighted by atomic mass is 127. The molecule has 2 N–H and O–H groups in total. The molecule has 170 valence electrons. The first-order valence-corrected chi connectivity index (χ1v) is 10.4. The third kappa shape index (κ3) is 8.09. The molecule has 0 aliphatic carbocycles. The second-order valence-electron chi connectivity index (χ2n) is 7.83. The number of nitrogens with zero attached hydrogens (tertiary/aromatic N) is 4. The molecule has 6 nitrogen and oxygen atoms in total. The molecule has 0 spiro atoms. The monoisotopic (exact) mass is 540 g/mol. The van der Waals surface area contributed by atoms with E-state index in [9.17, 15) is 13.2 Å². The molecule has 1 aromatic heterocycles. The maximum atomic E-state index is 12.6. The van der Waals surface area contributed by atoms with E-state index >= 15 is 0 Å². The first-order chi connectivity index (χ1) is 13.9. The normalized spacial score (nSPS) is 21.1. The molecule has 30 heavy (non-hydrogen) atoms. The Balaban J connectivity index is 0.00000320. The van der Waals surface area contributed by atoms with Gasteiger partial charge in [-0.3, -0.25) is 9.89 Å². The molecule has 0 bridgehead atoms. The van der Waals surface area contributed by atoms with Gasteiger partial charge in [0, 0.05) is 52.0 Å². The maximum absolute atomic E-state index is 12.6. The van der Waals surface area contributed by atoms with Gasteiger partial charge in [-0.2, -0.15) is 13.2 Å². The number of nitrogens with one attached hydrogen (secondary N) is 2. The van der Waals surface area contributed by atoms with Crippen molar-refractivity contribution in [3.05, 3.63) is 23.9 Å². The van der Waals surface area contributed by atoms with E-state index in [1.165, 1.54) is 30.6 Å². The highest BCUT2D eigenvalue weighted by molar-refractivity contribution is 14.0. The molecule has 1 unspecified atom stereocenters. The minimum atomic E-state index is -4.15. The van der Waals surface area contributed by atoms with Crippen LogP contribution in [0.4, 0.5) is 19.0 Å². The van der Waals surface area contributed by atoms with Crippen LogP contribution in [0.5, 0.6) is 0 Å². The average Bonchev–Trinajstić information content (AvgIpc) is 2.93. The van der Waals surface area contributed by atoms with E-state index in [2.05, 4.69) is 31.6 Å². The predicted molar refractivity (Wildman–Crippen MR) is 125 cm³/mol. The molecule has 0 amide bonds. The average molecular weight is 540 g/mol. The van der Waals surface area contributed by atoms with Crippen molar-refractivity contribution in [3.63, 3.8) is 0 Å². The van der Waals surface area contributed by atoms with Gasteiger partial charge in [-0.15, -0.1) is 24.0 Å². The van der Waals surface area contributed by atoms with Gasteiger partial charge in [0.15, 0.2) is 5.96 Å². The van der Waals surface area contributed by atoms with E-state index in [-0.39, 0.29) is 30.0 Å². The molecular formula is C20H32F3IN6. The van der Waals surface area contributed by atoms with Crippen molar-refractivity contribution >= 4 is 35.8 Å². The molecule has 2 saturated heterocycles. The Morgan fingerprint density at radius 3 is 2.60 bits per heavy atom. The van der Waals surface area contributed by atoms with Crippen LogP contribution in [-0.2, 0) is 6.54 Å². The van der Waals surface area contributed by atoms with Crippen molar-refractivity contribution < 1.29 is 13.2 Å². The van der Waals surface area contributed by atoms with Gasteiger partial charge in [0.25, 0.3) is 0 Å². The Morgan fingerprint density at radius 1 is 1.20 bits per heavy atom. The molecule has 3 rings (SSSR count). The second-order valence-corrected chi connectivity index (χ2v) is 7.83. The fraction of sp³-hybridized carbons (Fsp3) is 0.700. The number of anilines is 1. The molecule has 0 aromatic carbocycles. The fourth-order valence-electron chi connectivity index (χ4n) is 3.96. The van der Waals surface area contributed by atoms with Crippen molar-refractivity contribution in [1.29, 1.82) is 0 Å². The number of halogens is 4. The third-order valence-corrected chi connectivity index (χ3v) is 5.44. The van der Waals surface area contributed by atoms with Crippen molar-refractivity contribution in [2.24, 2.45) is 4.99 Å². The van der Waals surface area contributed by atoms with Crippen LogP contribution in [0.2, 0.25) is 0 Å². The Bertz CT molecular complexity index is 677. The van der Waals surface area contributed by atoms with Crippen LogP contribution in [0.25, 0.3) is 0 Å². The number of hydrogen-bond donors (Lipinski definition) is 2. The predicted octanol–water partition coefficient (Wildman–Crippen LogP) is 3.38. The first kappa shape index (κ1) is 25.0. The number of likely N-dealkylation sites (tertiary alicyclic amines) is 1. The van der Waals surface area contributed by atoms with E-state index in [0.717, 1.165) is 24.5 Å². The van der Waals surface area contributed by atoms with Crippen LogP contribution in [0.3, 0.4) is 0 Å². The van der Waals surface area contributed by atoms with Gasteiger partial charge in [-0.05, 0) is 37.0 Å². The number of aliphatic imine (C=N–C) groups is 1. The molecule has 2 aliphatic heterocycles. The third-order valence-electron chi connectivity index (χ3n) is 5.44. The summed E-state index contributed by atoms with van der Waals surface area (Å²) in [6, 6.07) is 4.04. The minimum absolute atomic E-state index is 0. The van der Waals surface area contributed by atoms with E-state index in [1.54, 1.807) is 7.05 Å². The summed E-state index contributed by atoms with van der Waals surface area (Å²) in [4.78, 5) is 12.5. The first-order valence-electron chi connectivity index (χ1n) is 10.4. The lowest BCUT2D eigenvalue weighted by molar-refractivity contribution is -0.143. The van der Waals surface area contributed by atoms with Gasteiger partial charge in [-0.25, -0.2) is 4.98 Å². The summed E-state index contributed by atoms with van der Waals surface area (Å²) in [5.41, 5.74) is 1.10. The highest BCUT2D eigenvalue weighted by Crippen LogP contribution is 2.20. The van der Waals surface area contributed by atoms with Crippen LogP contribution in [-0.4, -0.2) is 67.8 Å². The van der Waals surface area contributed by atoms with Gasteiger partial charge in [-0.1, -0.05) is 12.8 Å². The molecule has 2 fully saturated rings. The van der Waals surface area contributed by atoms with Gasteiger partial charge in [0.2, 0.25) is 0 Å². The topological polar surface area (TPSA) is 55.8 Å². The zero-order valence-electron chi connectivity index (χ0n) is 17.4. The number of alkyl halides is 3. The zero-order chi connectivity index (χ0) is 20.7. The lowest BCUT2D eigenvalue weighted by atomic mass is 10.2. The molecular weight excluding hydrogens is 508 g/mol. The van der Waals surface area contributed by atoms with Crippen molar-refractivity contribution in [2.75, 3.05) is 44.7 Å². The van der Waals surface area contributed by atoms with Crippen LogP contribution >= 0.6 is 24.0 Å². The Hall–Kier alpha value is -1.30. The van der Waals surface area contributed by atoms with Crippen molar-refractivity contribution in [1.82, 2.24) is 20.5 Å². The largest absolute Gasteiger partial charge is 0.401 e. The van der Waals surface area contributed by atoms with Gasteiger partial charge < -0.3 is 15.5 Å². The van der Waals surface area contributed by atoms with E-state index in [0.29, 0.717) is 32.0 Å². The molecule has 1 aromatic rings. The second kappa shape index (κ2) is 11.9. The summed E-state index contributed by atoms with van der Waals surface area (Å²) in [7, 11) is 1.67. The van der Waals surface area contributed by atoms with Crippen molar-refractivity contribution in [3.8, 4) is 0 Å². The summed E-state index contributed by atoms with van der Waals surface area (Å²) in [5, 5.41) is 6.51. The summed E-state index contributed by atoms with van der Waals surface area (Å²) >= 11 is 0. The lowest BCUT2D eigenvalue weighted by Crippen LogP contribution is -2.44. The number of guanidine groups is 1. The minimum Gasteiger partial charge on any atom is -0.357 e. The summed E-state index contributed by atoms with van der Waals surface area (Å²) in [6.07, 6.45) is 3.31. The Morgan fingerprint density at radius 2 is 1.93 bits per heavy atom. The van der Waals surface area contributed by atoms with E-state index in [4.69, 9.17) is 0 Å². The van der Waals surface area contributed by atoms with Crippen LogP contribution in [0.1, 0.15) is 37.7 Å². The number of aromatic nitrogens is 1. The maximum Gasteiger partial charge on any atom is 0.401 e. The summed E-state index contributed by atoms with van der Waals surface area (Å²) in [6.45, 7) is 2.63. The van der Waals surface area contributed by atoms with Crippen LogP contribution in [0.15, 0.2) is 23.3 Å². The molecule has 3 heterocycles. The molecule has 2 aliphatic rings. The fourth-order valence-corrected chi connectivity index (χ4v) is 3.96. The van der Waals surface area contributed by atoms with Gasteiger partial charge in [0.05, 0.1) is 6.54 Å². The van der Waals surface area contributed by atoms with Crippen LogP contribution in [0, 0.1) is 0 Å². The molecule has 1 atom stereocenters. The standard InChI is InChI=1S/C20H31F3N6.HI/c1-24-19(27-17-7-11-28(14-17)15-20(21,22)23)26-13-16-6-8-25-18(12-16)29-9-4-2-3-5-10-29;/h6,8,12,17H,2-5,7,9-11,13-15H2,1H3,(H2,24,26,27);1H. The Kier molecular flexibility index (Phi) is 9.92. The highest BCUT2D eigenvalue weighted by Gasteiger charge is 2.34. The van der Waals surface area contributed by atoms with Gasteiger partial charge >= 0.3 is 6.18 Å².